The molecule has 1 saturated carbocycles. The fourth-order valence-corrected chi connectivity index (χ4v) is 2.16. The Morgan fingerprint density at radius 3 is 2.85 bits per heavy atom. The van der Waals surface area contributed by atoms with Crippen molar-refractivity contribution in [2.75, 3.05) is 6.54 Å². The molecule has 0 aromatic rings. The van der Waals surface area contributed by atoms with Crippen LogP contribution in [0.15, 0.2) is 0 Å². The molecule has 1 unspecified atom stereocenters. The average molecular weight is 184 g/mol. The molecule has 4 nitrogen and oxygen atoms in total. The Kier molecular flexibility index (Phi) is 2.51. The van der Waals surface area contributed by atoms with Gasteiger partial charge in [0.05, 0.1) is 6.10 Å². The maximum atomic E-state index is 10.9. The maximum absolute atomic E-state index is 10.9. The van der Waals surface area contributed by atoms with Gasteiger partial charge < -0.3 is 15.7 Å². The third-order valence-electron chi connectivity index (χ3n) is 2.91. The number of carbonyl (C=O) groups excluding carboxylic acids is 1. The van der Waals surface area contributed by atoms with Gasteiger partial charge in [-0.05, 0) is 19.3 Å². The molecule has 1 amide bonds. The van der Waals surface area contributed by atoms with Gasteiger partial charge in [-0.3, -0.25) is 4.79 Å². The molecule has 1 heterocycles. The van der Waals surface area contributed by atoms with Crippen molar-refractivity contribution in [2.24, 2.45) is 0 Å². The van der Waals surface area contributed by atoms with Gasteiger partial charge in [0.2, 0.25) is 5.91 Å². The van der Waals surface area contributed by atoms with Crippen LogP contribution in [-0.2, 0) is 4.79 Å². The van der Waals surface area contributed by atoms with Gasteiger partial charge >= 0.3 is 0 Å². The van der Waals surface area contributed by atoms with E-state index in [4.69, 9.17) is 0 Å². The van der Waals surface area contributed by atoms with E-state index in [9.17, 15) is 9.90 Å². The van der Waals surface area contributed by atoms with E-state index >= 15 is 0 Å². The van der Waals surface area contributed by atoms with Gasteiger partial charge in [0.1, 0.15) is 0 Å². The number of carbonyl (C=O) groups is 1. The largest absolute Gasteiger partial charge is 0.392 e. The SMILES string of the molecule is O=C1CC(N[C@@H]2CCC[C@H]2O)CN1. The Labute approximate surface area is 77.7 Å². The number of hydrogen-bond donors (Lipinski definition) is 3. The van der Waals surface area contributed by atoms with Gasteiger partial charge in [0, 0.05) is 25.0 Å². The smallest absolute Gasteiger partial charge is 0.221 e. The van der Waals surface area contributed by atoms with E-state index in [0.29, 0.717) is 13.0 Å². The first-order valence-corrected chi connectivity index (χ1v) is 4.96. The van der Waals surface area contributed by atoms with Crippen molar-refractivity contribution in [3.63, 3.8) is 0 Å². The first kappa shape index (κ1) is 8.97. The van der Waals surface area contributed by atoms with Crippen LogP contribution in [0.25, 0.3) is 0 Å². The topological polar surface area (TPSA) is 61.4 Å². The average Bonchev–Trinajstić information content (AvgIpc) is 2.64. The van der Waals surface area contributed by atoms with Gasteiger partial charge in [-0.15, -0.1) is 0 Å². The van der Waals surface area contributed by atoms with Crippen molar-refractivity contribution in [3.05, 3.63) is 0 Å². The predicted molar refractivity (Wildman–Crippen MR) is 48.2 cm³/mol. The summed E-state index contributed by atoms with van der Waals surface area (Å²) in [6, 6.07) is 0.433. The van der Waals surface area contributed by atoms with Crippen molar-refractivity contribution in [1.29, 1.82) is 0 Å². The molecule has 4 heteroatoms. The normalized spacial score (nSPS) is 39.5. The second kappa shape index (κ2) is 3.64. The molecule has 1 saturated heterocycles. The van der Waals surface area contributed by atoms with Crippen LogP contribution in [0.3, 0.4) is 0 Å². The van der Waals surface area contributed by atoms with E-state index in [-0.39, 0.29) is 24.1 Å². The Hall–Kier alpha value is -0.610. The van der Waals surface area contributed by atoms with Crippen LogP contribution in [0.1, 0.15) is 25.7 Å². The number of rotatable bonds is 2. The van der Waals surface area contributed by atoms with E-state index in [2.05, 4.69) is 10.6 Å². The molecule has 2 aliphatic rings. The lowest BCUT2D eigenvalue weighted by Crippen LogP contribution is -2.43. The molecule has 13 heavy (non-hydrogen) atoms. The zero-order valence-electron chi connectivity index (χ0n) is 7.62. The molecule has 0 aromatic carbocycles. The zero-order chi connectivity index (χ0) is 9.26. The van der Waals surface area contributed by atoms with Crippen molar-refractivity contribution >= 4 is 5.91 Å². The first-order valence-electron chi connectivity index (χ1n) is 4.96. The van der Waals surface area contributed by atoms with Crippen LogP contribution in [0.2, 0.25) is 0 Å². The Morgan fingerprint density at radius 1 is 1.46 bits per heavy atom. The minimum absolute atomic E-state index is 0.116. The molecule has 0 bridgehead atoms. The van der Waals surface area contributed by atoms with E-state index < -0.39 is 0 Å². The molecular weight excluding hydrogens is 168 g/mol. The highest BCUT2D eigenvalue weighted by Crippen LogP contribution is 2.19. The van der Waals surface area contributed by atoms with Gasteiger partial charge in [0.15, 0.2) is 0 Å². The standard InChI is InChI=1S/C9H16N2O2/c12-8-3-1-2-7(8)11-6-4-9(13)10-5-6/h6-8,11-12H,1-5H2,(H,10,13)/t6?,7-,8-/m1/s1. The fraction of sp³-hybridized carbons (Fsp3) is 0.889. The lowest BCUT2D eigenvalue weighted by molar-refractivity contribution is -0.119. The molecule has 1 aliphatic carbocycles. The first-order chi connectivity index (χ1) is 6.25. The molecule has 2 fully saturated rings. The maximum Gasteiger partial charge on any atom is 0.221 e. The quantitative estimate of drug-likeness (QED) is 0.536. The zero-order valence-corrected chi connectivity index (χ0v) is 7.62. The highest BCUT2D eigenvalue weighted by atomic mass is 16.3. The Morgan fingerprint density at radius 2 is 2.31 bits per heavy atom. The predicted octanol–water partition coefficient (Wildman–Crippen LogP) is -0.622. The minimum atomic E-state index is -0.212. The second-order valence-electron chi connectivity index (χ2n) is 3.98. The van der Waals surface area contributed by atoms with Crippen molar-refractivity contribution in [3.8, 4) is 0 Å². The Balaban J connectivity index is 1.80. The molecule has 3 N–H and O–H groups in total. The van der Waals surface area contributed by atoms with Crippen LogP contribution in [-0.4, -0.2) is 35.7 Å². The summed E-state index contributed by atoms with van der Waals surface area (Å²) in [7, 11) is 0. The summed E-state index contributed by atoms with van der Waals surface area (Å²) in [6.07, 6.45) is 3.36. The van der Waals surface area contributed by atoms with Gasteiger partial charge in [-0.25, -0.2) is 0 Å². The van der Waals surface area contributed by atoms with Crippen LogP contribution in [0.5, 0.6) is 0 Å². The van der Waals surface area contributed by atoms with Gasteiger partial charge in [-0.1, -0.05) is 0 Å². The number of hydrogen-bond acceptors (Lipinski definition) is 3. The summed E-state index contributed by atoms with van der Waals surface area (Å²) in [5, 5.41) is 15.6. The molecular formula is C9H16N2O2. The molecule has 0 aromatic heterocycles. The van der Waals surface area contributed by atoms with E-state index in [1.165, 1.54) is 0 Å². The fourth-order valence-electron chi connectivity index (χ4n) is 2.16. The van der Waals surface area contributed by atoms with E-state index in [0.717, 1.165) is 19.3 Å². The van der Waals surface area contributed by atoms with E-state index in [1.54, 1.807) is 0 Å². The van der Waals surface area contributed by atoms with Gasteiger partial charge in [0.25, 0.3) is 0 Å². The molecule has 2 rings (SSSR count). The summed E-state index contributed by atoms with van der Waals surface area (Å²) in [5.74, 6) is 0.116. The molecule has 0 radical (unpaired) electrons. The number of aliphatic hydroxyl groups is 1. The van der Waals surface area contributed by atoms with Crippen LogP contribution >= 0.6 is 0 Å². The summed E-state index contributed by atoms with van der Waals surface area (Å²) in [4.78, 5) is 10.9. The van der Waals surface area contributed by atoms with Crippen LogP contribution in [0, 0.1) is 0 Å². The number of amides is 1. The van der Waals surface area contributed by atoms with Crippen molar-refractivity contribution < 1.29 is 9.90 Å². The highest BCUT2D eigenvalue weighted by molar-refractivity contribution is 5.78. The third-order valence-corrected chi connectivity index (χ3v) is 2.91. The van der Waals surface area contributed by atoms with E-state index in [1.807, 2.05) is 0 Å². The summed E-state index contributed by atoms with van der Waals surface area (Å²) >= 11 is 0. The van der Waals surface area contributed by atoms with Gasteiger partial charge in [-0.2, -0.15) is 0 Å². The summed E-state index contributed by atoms with van der Waals surface area (Å²) < 4.78 is 0. The number of nitrogens with one attached hydrogen (secondary N) is 2. The van der Waals surface area contributed by atoms with Crippen LogP contribution < -0.4 is 10.6 Å². The molecule has 0 spiro atoms. The lowest BCUT2D eigenvalue weighted by atomic mass is 10.1. The Bertz CT molecular complexity index is 208. The summed E-state index contributed by atoms with van der Waals surface area (Å²) in [5.41, 5.74) is 0. The molecule has 1 aliphatic heterocycles. The molecule has 74 valence electrons. The third kappa shape index (κ3) is 2.00. The summed E-state index contributed by atoms with van der Waals surface area (Å²) in [6.45, 7) is 0.710. The van der Waals surface area contributed by atoms with Crippen molar-refractivity contribution in [2.45, 2.75) is 43.9 Å². The van der Waals surface area contributed by atoms with Crippen molar-refractivity contribution in [1.82, 2.24) is 10.6 Å². The minimum Gasteiger partial charge on any atom is -0.392 e. The lowest BCUT2D eigenvalue weighted by Gasteiger charge is -2.20. The highest BCUT2D eigenvalue weighted by Gasteiger charge is 2.30. The second-order valence-corrected chi connectivity index (χ2v) is 3.98. The molecule has 3 atom stereocenters. The van der Waals surface area contributed by atoms with Crippen LogP contribution in [0.4, 0.5) is 0 Å². The number of aliphatic hydroxyl groups excluding tert-OH is 1. The monoisotopic (exact) mass is 184 g/mol.